The monoisotopic (exact) mass is 432 g/mol. The van der Waals surface area contributed by atoms with Crippen LogP contribution in [0.2, 0.25) is 0 Å². The molecule has 2 heterocycles. The number of hydrogen-bond acceptors (Lipinski definition) is 6. The van der Waals surface area contributed by atoms with Crippen molar-refractivity contribution in [3.8, 4) is 11.5 Å². The number of carbonyl (C=O) groups excluding carboxylic acids is 3. The Morgan fingerprint density at radius 3 is 2.47 bits per heavy atom. The number of carbonyl (C=O) groups is 3. The second-order valence-electron chi connectivity index (χ2n) is 7.40. The summed E-state index contributed by atoms with van der Waals surface area (Å²) in [5.74, 6) is 1.21. The second-order valence-corrected chi connectivity index (χ2v) is 8.40. The molecule has 0 radical (unpaired) electrons. The van der Waals surface area contributed by atoms with Gasteiger partial charge in [-0.25, -0.2) is 0 Å². The number of rotatable bonds is 7. The highest BCUT2D eigenvalue weighted by molar-refractivity contribution is 8.18. The molecule has 0 saturated carbocycles. The second kappa shape index (κ2) is 10.0. The highest BCUT2D eigenvalue weighted by atomic mass is 32.2. The van der Waals surface area contributed by atoms with Crippen LogP contribution < -0.4 is 9.47 Å². The number of ether oxygens (including phenoxy) is 2. The van der Waals surface area contributed by atoms with Crippen LogP contribution in [0.1, 0.15) is 39.2 Å². The van der Waals surface area contributed by atoms with Crippen LogP contribution in [-0.2, 0) is 9.59 Å². The molecule has 2 fully saturated rings. The first-order chi connectivity index (χ1) is 14.4. The fraction of sp³-hybridized carbons (Fsp3) is 0.500. The lowest BCUT2D eigenvalue weighted by Gasteiger charge is -2.31. The van der Waals surface area contributed by atoms with Crippen molar-refractivity contribution in [2.24, 2.45) is 5.92 Å². The molecule has 0 atom stereocenters. The number of hydrogen-bond donors (Lipinski definition) is 0. The first-order valence-electron chi connectivity index (χ1n) is 10.4. The molecule has 7 nitrogen and oxygen atoms in total. The summed E-state index contributed by atoms with van der Waals surface area (Å²) in [5.41, 5.74) is 0.726. The van der Waals surface area contributed by atoms with Crippen LogP contribution in [0.5, 0.6) is 11.5 Å². The SMILES string of the molecule is CCOc1ccc(/C=C2/SC(=O)N(CC(=O)N3CCC(C)CC3)C2=O)cc1OCC. The Morgan fingerprint density at radius 2 is 1.80 bits per heavy atom. The van der Waals surface area contributed by atoms with Crippen molar-refractivity contribution in [2.45, 2.75) is 33.6 Å². The van der Waals surface area contributed by atoms with Gasteiger partial charge in [0.25, 0.3) is 11.1 Å². The van der Waals surface area contributed by atoms with Crippen molar-refractivity contribution in [2.75, 3.05) is 32.8 Å². The smallest absolute Gasteiger partial charge is 0.294 e. The van der Waals surface area contributed by atoms with Crippen LogP contribution in [0.15, 0.2) is 23.1 Å². The van der Waals surface area contributed by atoms with E-state index in [4.69, 9.17) is 9.47 Å². The molecule has 0 N–H and O–H groups in total. The van der Waals surface area contributed by atoms with Crippen molar-refractivity contribution in [1.82, 2.24) is 9.80 Å². The van der Waals surface area contributed by atoms with Gasteiger partial charge in [-0.2, -0.15) is 0 Å². The Bertz CT molecular complexity index is 846. The van der Waals surface area contributed by atoms with E-state index in [0.717, 1.165) is 35.1 Å². The zero-order valence-electron chi connectivity index (χ0n) is 17.7. The van der Waals surface area contributed by atoms with E-state index in [9.17, 15) is 14.4 Å². The Balaban J connectivity index is 1.71. The minimum atomic E-state index is -0.435. The van der Waals surface area contributed by atoms with E-state index < -0.39 is 11.1 Å². The van der Waals surface area contributed by atoms with Crippen LogP contribution in [0, 0.1) is 5.92 Å². The Labute approximate surface area is 181 Å². The minimum absolute atomic E-state index is 0.176. The molecule has 3 rings (SSSR count). The van der Waals surface area contributed by atoms with Gasteiger partial charge in [0, 0.05) is 13.1 Å². The maximum atomic E-state index is 12.8. The molecule has 2 aliphatic heterocycles. The molecule has 8 heteroatoms. The molecule has 2 aliphatic rings. The van der Waals surface area contributed by atoms with Crippen LogP contribution in [0.3, 0.4) is 0 Å². The van der Waals surface area contributed by atoms with Crippen LogP contribution >= 0.6 is 11.8 Å². The van der Waals surface area contributed by atoms with Crippen molar-refractivity contribution in [1.29, 1.82) is 0 Å². The first kappa shape index (κ1) is 22.2. The van der Waals surface area contributed by atoms with E-state index in [1.165, 1.54) is 0 Å². The number of imide groups is 1. The van der Waals surface area contributed by atoms with Gasteiger partial charge in [0.05, 0.1) is 18.1 Å². The van der Waals surface area contributed by atoms with Crippen molar-refractivity contribution in [3.63, 3.8) is 0 Å². The molecular formula is C22H28N2O5S. The predicted octanol–water partition coefficient (Wildman–Crippen LogP) is 3.78. The molecular weight excluding hydrogens is 404 g/mol. The quantitative estimate of drug-likeness (QED) is 0.611. The van der Waals surface area contributed by atoms with E-state index in [0.29, 0.717) is 48.6 Å². The number of benzene rings is 1. The summed E-state index contributed by atoms with van der Waals surface area (Å²) in [6.45, 7) is 8.10. The van der Waals surface area contributed by atoms with E-state index in [2.05, 4.69) is 6.92 Å². The number of likely N-dealkylation sites (tertiary alicyclic amines) is 1. The van der Waals surface area contributed by atoms with Gasteiger partial charge in [0.15, 0.2) is 11.5 Å². The third-order valence-corrected chi connectivity index (χ3v) is 6.08. The summed E-state index contributed by atoms with van der Waals surface area (Å²) in [6.07, 6.45) is 3.55. The zero-order chi connectivity index (χ0) is 21.7. The van der Waals surface area contributed by atoms with E-state index in [1.807, 2.05) is 19.9 Å². The van der Waals surface area contributed by atoms with Crippen molar-refractivity contribution < 1.29 is 23.9 Å². The van der Waals surface area contributed by atoms with E-state index in [-0.39, 0.29) is 12.5 Å². The van der Waals surface area contributed by atoms with Crippen LogP contribution in [-0.4, -0.2) is 59.7 Å². The number of nitrogens with zero attached hydrogens (tertiary/aromatic N) is 2. The highest BCUT2D eigenvalue weighted by Gasteiger charge is 2.37. The van der Waals surface area contributed by atoms with Gasteiger partial charge < -0.3 is 14.4 Å². The van der Waals surface area contributed by atoms with Crippen molar-refractivity contribution >= 4 is 34.9 Å². The van der Waals surface area contributed by atoms with Gasteiger partial charge in [-0.15, -0.1) is 0 Å². The Kier molecular flexibility index (Phi) is 7.42. The molecule has 2 saturated heterocycles. The normalized spacial score (nSPS) is 19.0. The van der Waals surface area contributed by atoms with Gasteiger partial charge in [0.2, 0.25) is 5.91 Å². The molecule has 1 aromatic carbocycles. The van der Waals surface area contributed by atoms with Crippen molar-refractivity contribution in [3.05, 3.63) is 28.7 Å². The maximum absolute atomic E-state index is 12.8. The number of piperidine rings is 1. The number of amides is 3. The standard InChI is InChI=1S/C22H28N2O5S/c1-4-28-17-7-6-16(12-18(17)29-5-2)13-19-21(26)24(22(27)30-19)14-20(25)23-10-8-15(3)9-11-23/h6-7,12-13,15H,4-5,8-11,14H2,1-3H3/b19-13+. The van der Waals surface area contributed by atoms with Crippen LogP contribution in [0.4, 0.5) is 4.79 Å². The first-order valence-corrected chi connectivity index (χ1v) is 11.2. The summed E-state index contributed by atoms with van der Waals surface area (Å²) in [7, 11) is 0. The topological polar surface area (TPSA) is 76.2 Å². The molecule has 0 aromatic heterocycles. The highest BCUT2D eigenvalue weighted by Crippen LogP contribution is 2.34. The lowest BCUT2D eigenvalue weighted by atomic mass is 9.99. The average Bonchev–Trinajstić information content (AvgIpc) is 2.98. The molecule has 0 bridgehead atoms. The van der Waals surface area contributed by atoms with Crippen LogP contribution in [0.25, 0.3) is 6.08 Å². The Hall–Kier alpha value is -2.48. The number of thioether (sulfide) groups is 1. The van der Waals surface area contributed by atoms with Gasteiger partial charge in [-0.05, 0) is 68.1 Å². The molecule has 0 spiro atoms. The molecule has 1 aromatic rings. The minimum Gasteiger partial charge on any atom is -0.490 e. The zero-order valence-corrected chi connectivity index (χ0v) is 18.5. The van der Waals surface area contributed by atoms with Gasteiger partial charge in [-0.3, -0.25) is 19.3 Å². The van der Waals surface area contributed by atoms with E-state index >= 15 is 0 Å². The van der Waals surface area contributed by atoms with E-state index in [1.54, 1.807) is 23.1 Å². The lowest BCUT2D eigenvalue weighted by molar-refractivity contribution is -0.136. The third-order valence-electron chi connectivity index (χ3n) is 5.17. The average molecular weight is 433 g/mol. The Morgan fingerprint density at radius 1 is 1.13 bits per heavy atom. The molecule has 3 amide bonds. The van der Waals surface area contributed by atoms with Gasteiger partial charge in [0.1, 0.15) is 6.54 Å². The third kappa shape index (κ3) is 5.16. The largest absolute Gasteiger partial charge is 0.490 e. The molecule has 0 unspecified atom stereocenters. The fourth-order valence-corrected chi connectivity index (χ4v) is 4.28. The predicted molar refractivity (Wildman–Crippen MR) is 116 cm³/mol. The summed E-state index contributed by atoms with van der Waals surface area (Å²) in [4.78, 5) is 40.8. The summed E-state index contributed by atoms with van der Waals surface area (Å²) < 4.78 is 11.2. The molecule has 0 aliphatic carbocycles. The van der Waals surface area contributed by atoms with Gasteiger partial charge in [-0.1, -0.05) is 13.0 Å². The summed E-state index contributed by atoms with van der Waals surface area (Å²) >= 11 is 0.855. The molecule has 30 heavy (non-hydrogen) atoms. The summed E-state index contributed by atoms with van der Waals surface area (Å²) in [5, 5.41) is -0.416. The lowest BCUT2D eigenvalue weighted by Crippen LogP contribution is -2.45. The molecule has 162 valence electrons. The maximum Gasteiger partial charge on any atom is 0.294 e. The van der Waals surface area contributed by atoms with Gasteiger partial charge >= 0.3 is 0 Å². The summed E-state index contributed by atoms with van der Waals surface area (Å²) in [6, 6.07) is 5.37. The fourth-order valence-electron chi connectivity index (χ4n) is 3.44.